The lowest BCUT2D eigenvalue weighted by Crippen LogP contribution is -2.52. The molecule has 25 heavy (non-hydrogen) atoms. The monoisotopic (exact) mass is 340 g/mol. The largest absolute Gasteiger partial charge is 0.448 e. The van der Waals surface area contributed by atoms with Gasteiger partial charge in [0, 0.05) is 19.2 Å². The van der Waals surface area contributed by atoms with Gasteiger partial charge in [0.25, 0.3) is 5.91 Å². The van der Waals surface area contributed by atoms with Crippen LogP contribution in [0, 0.1) is 0 Å². The molecule has 0 spiro atoms. The summed E-state index contributed by atoms with van der Waals surface area (Å²) in [6, 6.07) is 7.37. The maximum Gasteiger partial charge on any atom is 0.339 e. The maximum absolute atomic E-state index is 13.1. The Morgan fingerprint density at radius 1 is 1.28 bits per heavy atom. The van der Waals surface area contributed by atoms with E-state index in [2.05, 4.69) is 10.3 Å². The van der Waals surface area contributed by atoms with Crippen LogP contribution in [0.5, 0.6) is 0 Å². The first-order valence-electron chi connectivity index (χ1n) is 8.66. The number of rotatable bonds is 3. The Bertz CT molecular complexity index is 774. The van der Waals surface area contributed by atoms with E-state index in [4.69, 9.17) is 4.74 Å². The summed E-state index contributed by atoms with van der Waals surface area (Å²) < 4.78 is 7.19. The fourth-order valence-corrected chi connectivity index (χ4v) is 3.68. The van der Waals surface area contributed by atoms with Gasteiger partial charge in [-0.25, -0.2) is 4.79 Å². The van der Waals surface area contributed by atoms with E-state index in [1.54, 1.807) is 29.2 Å². The van der Waals surface area contributed by atoms with E-state index in [0.29, 0.717) is 25.1 Å². The van der Waals surface area contributed by atoms with Crippen LogP contribution in [-0.2, 0) is 22.5 Å². The first-order valence-corrected chi connectivity index (χ1v) is 8.66. The van der Waals surface area contributed by atoms with Gasteiger partial charge in [-0.3, -0.25) is 9.48 Å². The number of nitrogens with zero attached hydrogens (tertiary/aromatic N) is 4. The molecule has 2 aromatic rings. The van der Waals surface area contributed by atoms with Gasteiger partial charge >= 0.3 is 5.97 Å². The second-order valence-corrected chi connectivity index (χ2v) is 6.56. The van der Waals surface area contributed by atoms with Gasteiger partial charge < -0.3 is 9.64 Å². The van der Waals surface area contributed by atoms with Crippen molar-refractivity contribution >= 4 is 11.9 Å². The van der Waals surface area contributed by atoms with Crippen LogP contribution in [0.15, 0.2) is 36.7 Å². The van der Waals surface area contributed by atoms with E-state index in [0.717, 1.165) is 24.8 Å². The lowest BCUT2D eigenvalue weighted by molar-refractivity contribution is -0.145. The summed E-state index contributed by atoms with van der Waals surface area (Å²) in [6.07, 6.45) is 6.10. The van der Waals surface area contributed by atoms with Crippen LogP contribution in [0.3, 0.4) is 0 Å². The molecule has 3 heterocycles. The molecule has 1 aromatic carbocycles. The molecular formula is C18H20N4O3. The smallest absolute Gasteiger partial charge is 0.339 e. The summed E-state index contributed by atoms with van der Waals surface area (Å²) in [5.41, 5.74) is 1.44. The van der Waals surface area contributed by atoms with Crippen LogP contribution in [0.1, 0.15) is 35.2 Å². The zero-order valence-electron chi connectivity index (χ0n) is 13.9. The Hall–Kier alpha value is -2.70. The zero-order valence-corrected chi connectivity index (χ0v) is 13.9. The molecule has 0 radical (unpaired) electrons. The van der Waals surface area contributed by atoms with E-state index in [1.165, 1.54) is 0 Å². The van der Waals surface area contributed by atoms with Gasteiger partial charge in [-0.15, -0.1) is 5.10 Å². The van der Waals surface area contributed by atoms with Crippen molar-refractivity contribution in [1.82, 2.24) is 19.9 Å². The van der Waals surface area contributed by atoms with Crippen LogP contribution in [0.25, 0.3) is 0 Å². The molecule has 2 aliphatic heterocycles. The number of carbonyl (C=O) groups excluding carboxylic acids is 2. The fourth-order valence-electron chi connectivity index (χ4n) is 3.68. The third kappa shape index (κ3) is 3.14. The number of piperidine rings is 1. The Balaban J connectivity index is 1.52. The number of fused-ring (bicyclic) bond motifs is 1. The first-order chi connectivity index (χ1) is 12.2. The average molecular weight is 340 g/mol. The van der Waals surface area contributed by atoms with Gasteiger partial charge in [-0.05, 0) is 30.9 Å². The van der Waals surface area contributed by atoms with Gasteiger partial charge in [0.05, 0.1) is 24.3 Å². The van der Waals surface area contributed by atoms with Crippen LogP contribution in [-0.4, -0.2) is 50.5 Å². The number of esters is 1. The van der Waals surface area contributed by atoms with Gasteiger partial charge in [0.2, 0.25) is 0 Å². The number of amides is 1. The summed E-state index contributed by atoms with van der Waals surface area (Å²) in [5.74, 6) is -0.516. The Morgan fingerprint density at radius 2 is 2.16 bits per heavy atom. The summed E-state index contributed by atoms with van der Waals surface area (Å²) in [4.78, 5) is 27.1. The predicted molar refractivity (Wildman–Crippen MR) is 88.7 cm³/mol. The molecule has 1 saturated heterocycles. The summed E-state index contributed by atoms with van der Waals surface area (Å²) in [7, 11) is 0. The van der Waals surface area contributed by atoms with Crippen molar-refractivity contribution < 1.29 is 14.3 Å². The fraction of sp³-hybridized carbons (Fsp3) is 0.444. The third-order valence-corrected chi connectivity index (χ3v) is 4.95. The minimum atomic E-state index is -0.737. The summed E-state index contributed by atoms with van der Waals surface area (Å²) in [5, 5.41) is 7.82. The van der Waals surface area contributed by atoms with Gasteiger partial charge in [0.1, 0.15) is 0 Å². The number of likely N-dealkylation sites (tertiary alicyclic amines) is 1. The van der Waals surface area contributed by atoms with Gasteiger partial charge in [-0.1, -0.05) is 23.4 Å². The molecule has 1 aromatic heterocycles. The molecule has 4 rings (SSSR count). The molecule has 1 fully saturated rings. The van der Waals surface area contributed by atoms with Gasteiger partial charge in [0.15, 0.2) is 6.10 Å². The normalized spacial score (nSPS) is 23.0. The number of hydrogen-bond donors (Lipinski definition) is 0. The van der Waals surface area contributed by atoms with E-state index in [9.17, 15) is 9.59 Å². The lowest BCUT2D eigenvalue weighted by Gasteiger charge is -2.38. The average Bonchev–Trinajstić information content (AvgIpc) is 3.15. The molecule has 2 atom stereocenters. The summed E-state index contributed by atoms with van der Waals surface area (Å²) in [6.45, 7) is 1.30. The molecule has 0 N–H and O–H groups in total. The molecule has 7 nitrogen and oxygen atoms in total. The van der Waals surface area contributed by atoms with Crippen LogP contribution in [0.4, 0.5) is 0 Å². The number of benzene rings is 1. The zero-order chi connectivity index (χ0) is 17.2. The Labute approximate surface area is 145 Å². The quantitative estimate of drug-likeness (QED) is 0.790. The first kappa shape index (κ1) is 15.8. The Kier molecular flexibility index (Phi) is 4.21. The predicted octanol–water partition coefficient (Wildman–Crippen LogP) is 1.44. The van der Waals surface area contributed by atoms with Crippen LogP contribution in [0.2, 0.25) is 0 Å². The summed E-state index contributed by atoms with van der Waals surface area (Å²) >= 11 is 0. The minimum Gasteiger partial charge on any atom is -0.448 e. The number of aromatic nitrogens is 3. The van der Waals surface area contributed by atoms with Crippen molar-refractivity contribution in [3.8, 4) is 0 Å². The number of carbonyl (C=O) groups is 2. The van der Waals surface area contributed by atoms with E-state index in [-0.39, 0.29) is 11.9 Å². The highest BCUT2D eigenvalue weighted by atomic mass is 16.5. The molecular weight excluding hydrogens is 320 g/mol. The second-order valence-electron chi connectivity index (χ2n) is 6.56. The minimum absolute atomic E-state index is 0.0545. The van der Waals surface area contributed by atoms with Crippen LogP contribution < -0.4 is 0 Å². The van der Waals surface area contributed by atoms with Crippen molar-refractivity contribution in [1.29, 1.82) is 0 Å². The molecule has 7 heteroatoms. The SMILES string of the molecule is O=C1OC(C(=O)N2CCCCC2Cn2ccnn2)Cc2ccccc21. The van der Waals surface area contributed by atoms with Crippen molar-refractivity contribution in [3.63, 3.8) is 0 Å². The van der Waals surface area contributed by atoms with Crippen molar-refractivity contribution in [2.45, 2.75) is 44.4 Å². The third-order valence-electron chi connectivity index (χ3n) is 4.95. The highest BCUT2D eigenvalue weighted by Gasteiger charge is 2.37. The lowest BCUT2D eigenvalue weighted by atomic mass is 9.96. The molecule has 0 bridgehead atoms. The van der Waals surface area contributed by atoms with Crippen LogP contribution >= 0.6 is 0 Å². The van der Waals surface area contributed by atoms with Crippen molar-refractivity contribution in [2.24, 2.45) is 0 Å². The van der Waals surface area contributed by atoms with E-state index < -0.39 is 12.1 Å². The Morgan fingerprint density at radius 3 is 3.00 bits per heavy atom. The number of ether oxygens (including phenoxy) is 1. The van der Waals surface area contributed by atoms with E-state index >= 15 is 0 Å². The maximum atomic E-state index is 13.1. The molecule has 2 aliphatic rings. The van der Waals surface area contributed by atoms with Gasteiger partial charge in [-0.2, -0.15) is 0 Å². The van der Waals surface area contributed by atoms with E-state index in [1.807, 2.05) is 17.0 Å². The standard InChI is InChI=1S/C18H20N4O3/c23-17(16-11-13-5-1-2-7-15(13)18(24)25-16)22-9-4-3-6-14(22)12-21-10-8-19-20-21/h1-2,5,7-8,10,14,16H,3-4,6,9,11-12H2. The molecule has 1 amide bonds. The highest BCUT2D eigenvalue weighted by molar-refractivity contribution is 5.95. The topological polar surface area (TPSA) is 77.3 Å². The van der Waals surface area contributed by atoms with Crippen molar-refractivity contribution in [2.75, 3.05) is 6.54 Å². The van der Waals surface area contributed by atoms with Crippen molar-refractivity contribution in [3.05, 3.63) is 47.8 Å². The molecule has 2 unspecified atom stereocenters. The number of cyclic esters (lactones) is 1. The molecule has 0 saturated carbocycles. The second kappa shape index (κ2) is 6.66. The highest BCUT2D eigenvalue weighted by Crippen LogP contribution is 2.25. The number of hydrogen-bond acceptors (Lipinski definition) is 5. The molecule has 0 aliphatic carbocycles. The molecule has 130 valence electrons.